The summed E-state index contributed by atoms with van der Waals surface area (Å²) in [5, 5.41) is 11.6. The van der Waals surface area contributed by atoms with Gasteiger partial charge in [-0.3, -0.25) is 24.5 Å². The first-order chi connectivity index (χ1) is 19.4. The lowest BCUT2D eigenvalue weighted by molar-refractivity contribution is -0.384. The van der Waals surface area contributed by atoms with Gasteiger partial charge in [0.1, 0.15) is 0 Å². The lowest BCUT2D eigenvalue weighted by atomic mass is 9.69. The molecular formula is C29H29N5O6. The maximum absolute atomic E-state index is 14.2. The average molecular weight is 544 g/mol. The van der Waals surface area contributed by atoms with E-state index in [4.69, 9.17) is 4.42 Å². The molecule has 11 heteroatoms. The zero-order valence-electron chi connectivity index (χ0n) is 21.8. The molecule has 0 aliphatic carbocycles. The fourth-order valence-electron chi connectivity index (χ4n) is 7.36. The van der Waals surface area contributed by atoms with Crippen molar-refractivity contribution in [3.05, 3.63) is 92.3 Å². The highest BCUT2D eigenvalue weighted by Gasteiger charge is 2.50. The number of fused-ring (bicyclic) bond motifs is 8. The van der Waals surface area contributed by atoms with E-state index in [1.54, 1.807) is 35.2 Å². The molecule has 1 aromatic carbocycles. The van der Waals surface area contributed by atoms with Crippen LogP contribution < -0.4 is 10.5 Å². The fourth-order valence-corrected chi connectivity index (χ4v) is 7.36. The number of carbonyl (C=O) groups is 2. The highest BCUT2D eigenvalue weighted by Crippen LogP contribution is 2.48. The van der Waals surface area contributed by atoms with Crippen LogP contribution in [0.5, 0.6) is 0 Å². The number of hydrogen-bond acceptors (Lipinski definition) is 7. The number of benzene rings is 1. The molecule has 2 amide bonds. The molecule has 11 nitrogen and oxygen atoms in total. The van der Waals surface area contributed by atoms with Gasteiger partial charge in [0.25, 0.3) is 17.2 Å². The number of aromatic nitrogens is 1. The largest absolute Gasteiger partial charge is 0.459 e. The Morgan fingerprint density at radius 3 is 2.52 bits per heavy atom. The number of furan rings is 1. The van der Waals surface area contributed by atoms with Crippen molar-refractivity contribution in [2.45, 2.75) is 31.3 Å². The molecule has 206 valence electrons. The van der Waals surface area contributed by atoms with Crippen LogP contribution in [0.3, 0.4) is 0 Å². The van der Waals surface area contributed by atoms with E-state index in [0.717, 1.165) is 23.4 Å². The average Bonchev–Trinajstić information content (AvgIpc) is 3.51. The summed E-state index contributed by atoms with van der Waals surface area (Å²) in [6.45, 7) is 2.82. The van der Waals surface area contributed by atoms with Crippen LogP contribution in [0, 0.1) is 22.0 Å². The minimum atomic E-state index is -0.409. The number of nitrogens with zero attached hydrogens (tertiary/aromatic N) is 5. The Kier molecular flexibility index (Phi) is 5.76. The van der Waals surface area contributed by atoms with Crippen molar-refractivity contribution >= 4 is 23.2 Å². The molecule has 2 saturated heterocycles. The second kappa shape index (κ2) is 9.35. The number of nitro groups is 1. The van der Waals surface area contributed by atoms with Crippen molar-refractivity contribution in [2.24, 2.45) is 11.8 Å². The van der Waals surface area contributed by atoms with Crippen LogP contribution in [0.4, 0.5) is 11.4 Å². The van der Waals surface area contributed by atoms with E-state index in [1.807, 2.05) is 21.6 Å². The van der Waals surface area contributed by atoms with Gasteiger partial charge in [-0.2, -0.15) is 0 Å². The van der Waals surface area contributed by atoms with Gasteiger partial charge in [-0.15, -0.1) is 0 Å². The van der Waals surface area contributed by atoms with Gasteiger partial charge in [-0.1, -0.05) is 6.07 Å². The molecule has 0 spiro atoms. The molecule has 2 unspecified atom stereocenters. The number of piperazine rings is 1. The summed E-state index contributed by atoms with van der Waals surface area (Å²) in [7, 11) is 0. The third kappa shape index (κ3) is 3.90. The molecule has 6 heterocycles. The van der Waals surface area contributed by atoms with Gasteiger partial charge in [0, 0.05) is 80.8 Å². The van der Waals surface area contributed by atoms with E-state index in [0.29, 0.717) is 45.7 Å². The van der Waals surface area contributed by atoms with Crippen LogP contribution in [0.25, 0.3) is 0 Å². The monoisotopic (exact) mass is 543 g/mol. The van der Waals surface area contributed by atoms with E-state index < -0.39 is 10.8 Å². The lowest BCUT2D eigenvalue weighted by Gasteiger charge is -2.54. The number of non-ortho nitro benzene ring substituents is 1. The van der Waals surface area contributed by atoms with Crippen molar-refractivity contribution in [3.63, 3.8) is 0 Å². The van der Waals surface area contributed by atoms with Crippen LogP contribution in [-0.4, -0.2) is 69.9 Å². The van der Waals surface area contributed by atoms with E-state index in [1.165, 1.54) is 12.3 Å². The number of carbonyl (C=O) groups excluding carboxylic acids is 2. The Morgan fingerprint density at radius 1 is 0.975 bits per heavy atom. The van der Waals surface area contributed by atoms with Crippen LogP contribution >= 0.6 is 0 Å². The number of nitro benzene ring substituents is 1. The molecule has 2 bridgehead atoms. The van der Waals surface area contributed by atoms with Crippen LogP contribution in [0.2, 0.25) is 0 Å². The van der Waals surface area contributed by atoms with E-state index in [9.17, 15) is 24.5 Å². The number of piperidine rings is 1. The predicted octanol–water partition coefficient (Wildman–Crippen LogP) is 2.50. The zero-order chi connectivity index (χ0) is 27.5. The summed E-state index contributed by atoms with van der Waals surface area (Å²) in [5.41, 5.74) is 2.75. The quantitative estimate of drug-likeness (QED) is 0.367. The van der Waals surface area contributed by atoms with Gasteiger partial charge in [0.05, 0.1) is 17.1 Å². The topological polar surface area (TPSA) is 122 Å². The Labute approximate surface area is 229 Å². The van der Waals surface area contributed by atoms with Crippen molar-refractivity contribution in [1.82, 2.24) is 14.4 Å². The molecular weight excluding hydrogens is 514 g/mol. The second-order valence-corrected chi connectivity index (χ2v) is 11.2. The van der Waals surface area contributed by atoms with Crippen molar-refractivity contribution < 1.29 is 18.9 Å². The Balaban J connectivity index is 1.20. The van der Waals surface area contributed by atoms with Crippen molar-refractivity contribution in [1.29, 1.82) is 0 Å². The Bertz CT molecular complexity index is 1560. The van der Waals surface area contributed by atoms with Gasteiger partial charge < -0.3 is 23.7 Å². The van der Waals surface area contributed by atoms with Gasteiger partial charge in [-0.25, -0.2) is 0 Å². The number of amides is 2. The van der Waals surface area contributed by atoms with Crippen LogP contribution in [0.1, 0.15) is 34.2 Å². The normalized spacial score (nSPS) is 25.1. The smallest absolute Gasteiger partial charge is 0.289 e. The maximum Gasteiger partial charge on any atom is 0.289 e. The zero-order valence-corrected chi connectivity index (χ0v) is 21.8. The molecule has 4 aliphatic heterocycles. The van der Waals surface area contributed by atoms with E-state index >= 15 is 0 Å². The minimum absolute atomic E-state index is 0.00177. The highest BCUT2D eigenvalue weighted by molar-refractivity contribution is 5.91. The first kappa shape index (κ1) is 24.6. The van der Waals surface area contributed by atoms with Gasteiger partial charge in [0.2, 0.25) is 5.91 Å². The lowest BCUT2D eigenvalue weighted by Crippen LogP contribution is -2.62. The van der Waals surface area contributed by atoms with Gasteiger partial charge in [-0.05, 0) is 48.6 Å². The number of anilines is 1. The molecule has 0 N–H and O–H groups in total. The molecule has 7 rings (SSSR count). The molecule has 4 atom stereocenters. The minimum Gasteiger partial charge on any atom is -0.459 e. The summed E-state index contributed by atoms with van der Waals surface area (Å²) in [4.78, 5) is 56.7. The predicted molar refractivity (Wildman–Crippen MR) is 144 cm³/mol. The molecule has 3 aromatic rings. The summed E-state index contributed by atoms with van der Waals surface area (Å²) in [6, 6.07) is 13.5. The fraction of sp³-hybridized carbons (Fsp3) is 0.414. The third-order valence-corrected chi connectivity index (χ3v) is 9.13. The number of rotatable bonds is 3. The Hall–Kier alpha value is -4.41. The van der Waals surface area contributed by atoms with Crippen molar-refractivity contribution in [3.8, 4) is 0 Å². The van der Waals surface area contributed by atoms with Gasteiger partial charge >= 0.3 is 0 Å². The second-order valence-electron chi connectivity index (χ2n) is 11.2. The number of pyridine rings is 1. The molecule has 0 saturated carbocycles. The molecule has 40 heavy (non-hydrogen) atoms. The first-order valence-corrected chi connectivity index (χ1v) is 13.7. The summed E-state index contributed by atoms with van der Waals surface area (Å²) < 4.78 is 7.12. The summed E-state index contributed by atoms with van der Waals surface area (Å²) >= 11 is 0. The standard InChI is InChI=1S/C29H29N5O6/c35-26-5-1-3-23-19-13-20(17-32(23)26)27-22(15-18-14-21(34(38)39)6-7-24(18)33(27)16-19)28(36)30-8-10-31(11-9-30)29(37)25-4-2-12-40-25/h1-7,12,14,19-20,22,27H,8-11,13,15-17H2/t19?,20?,22-,27+/m1/s1. The summed E-state index contributed by atoms with van der Waals surface area (Å²) in [6.07, 6.45) is 2.76. The van der Waals surface area contributed by atoms with Gasteiger partial charge in [0.15, 0.2) is 5.76 Å². The number of hydrogen-bond donors (Lipinski definition) is 0. The van der Waals surface area contributed by atoms with Crippen molar-refractivity contribution in [2.75, 3.05) is 37.6 Å². The maximum atomic E-state index is 14.2. The van der Waals surface area contributed by atoms with E-state index in [-0.39, 0.29) is 46.7 Å². The summed E-state index contributed by atoms with van der Waals surface area (Å²) in [5.74, 6) is -0.0876. The van der Waals surface area contributed by atoms with E-state index in [2.05, 4.69) is 4.90 Å². The Morgan fingerprint density at radius 2 is 1.77 bits per heavy atom. The molecule has 2 aromatic heterocycles. The molecule has 4 aliphatic rings. The first-order valence-electron chi connectivity index (χ1n) is 13.7. The molecule has 0 radical (unpaired) electrons. The van der Waals surface area contributed by atoms with Crippen LogP contribution in [-0.2, 0) is 17.8 Å². The van der Waals surface area contributed by atoms with Crippen LogP contribution in [0.15, 0.2) is 64.0 Å². The third-order valence-electron chi connectivity index (χ3n) is 9.13. The highest BCUT2D eigenvalue weighted by atomic mass is 16.6. The molecule has 2 fully saturated rings. The SMILES string of the molecule is O=C(c1ccco1)N1CCN(C(=O)[C@@H]2Cc3cc([N+](=O)[O-])ccc3N3CC4CC(Cn5c4cccc5=O)[C@@H]23)CC1.